The Morgan fingerprint density at radius 1 is 1.33 bits per heavy atom. The van der Waals surface area contributed by atoms with Gasteiger partial charge < -0.3 is 10.1 Å². The summed E-state index contributed by atoms with van der Waals surface area (Å²) in [5, 5.41) is 2.76. The first kappa shape index (κ1) is 15.9. The van der Waals surface area contributed by atoms with Crippen molar-refractivity contribution in [2.24, 2.45) is 0 Å². The number of amides is 1. The van der Waals surface area contributed by atoms with Crippen molar-refractivity contribution >= 4 is 6.09 Å². The topological polar surface area (TPSA) is 38.3 Å². The maximum Gasteiger partial charge on any atom is 0.407 e. The predicted molar refractivity (Wildman–Crippen MR) is 85.6 cm³/mol. The fourth-order valence-electron chi connectivity index (χ4n) is 3.16. The van der Waals surface area contributed by atoms with E-state index in [2.05, 4.69) is 29.6 Å². The van der Waals surface area contributed by atoms with Crippen LogP contribution in [-0.2, 0) is 11.2 Å². The molecule has 3 heteroatoms. The van der Waals surface area contributed by atoms with Gasteiger partial charge in [0.05, 0.1) is 0 Å². The van der Waals surface area contributed by atoms with Crippen molar-refractivity contribution in [3.8, 4) is 0 Å². The van der Waals surface area contributed by atoms with E-state index in [1.807, 2.05) is 13.8 Å². The molecule has 2 rings (SSSR count). The Bertz CT molecular complexity index is 452. The number of alkyl carbamates (subject to hydrolysis) is 1. The number of rotatable bonds is 6. The van der Waals surface area contributed by atoms with Crippen LogP contribution in [0.15, 0.2) is 24.3 Å². The van der Waals surface area contributed by atoms with Crippen LogP contribution < -0.4 is 5.32 Å². The normalized spacial score (nSPS) is 16.7. The van der Waals surface area contributed by atoms with Gasteiger partial charge >= 0.3 is 6.09 Å². The Labute approximate surface area is 128 Å². The molecule has 1 N–H and O–H groups in total. The first-order chi connectivity index (χ1) is 10.2. The van der Waals surface area contributed by atoms with Crippen molar-refractivity contribution in [2.75, 3.05) is 6.54 Å². The van der Waals surface area contributed by atoms with Crippen molar-refractivity contribution in [3.63, 3.8) is 0 Å². The number of carbonyl (C=O) groups is 1. The van der Waals surface area contributed by atoms with Gasteiger partial charge in [-0.25, -0.2) is 4.79 Å². The molecule has 0 saturated heterocycles. The van der Waals surface area contributed by atoms with Crippen molar-refractivity contribution in [2.45, 2.75) is 64.4 Å². The van der Waals surface area contributed by atoms with Gasteiger partial charge in [0.2, 0.25) is 0 Å². The molecule has 0 heterocycles. The minimum Gasteiger partial charge on any atom is -0.446 e. The highest BCUT2D eigenvalue weighted by Crippen LogP contribution is 2.36. The average Bonchev–Trinajstić information content (AvgIpc) is 2.99. The summed E-state index contributed by atoms with van der Waals surface area (Å²) in [7, 11) is 0. The molecule has 3 nitrogen and oxygen atoms in total. The van der Waals surface area contributed by atoms with E-state index in [-0.39, 0.29) is 12.2 Å². The molecule has 1 unspecified atom stereocenters. The summed E-state index contributed by atoms with van der Waals surface area (Å²) < 4.78 is 5.42. The third-order valence-electron chi connectivity index (χ3n) is 4.19. The van der Waals surface area contributed by atoms with E-state index < -0.39 is 0 Å². The standard InChI is InChI=1S/C18H27NO2/c1-3-12-19-18(20)21-14(2)13-16-10-6-7-11-17(16)15-8-4-5-9-15/h6-7,10-11,14-15H,3-5,8-9,12-13H2,1-2H3,(H,19,20). The highest BCUT2D eigenvalue weighted by molar-refractivity contribution is 5.67. The number of nitrogens with one attached hydrogen (secondary N) is 1. The van der Waals surface area contributed by atoms with Crippen LogP contribution in [0.4, 0.5) is 4.79 Å². The zero-order valence-electron chi connectivity index (χ0n) is 13.2. The summed E-state index contributed by atoms with van der Waals surface area (Å²) in [5.74, 6) is 0.697. The summed E-state index contributed by atoms with van der Waals surface area (Å²) in [6.07, 6.45) is 6.59. The number of ether oxygens (including phenoxy) is 1. The first-order valence-electron chi connectivity index (χ1n) is 8.23. The SMILES string of the molecule is CCCNC(=O)OC(C)Cc1ccccc1C1CCCC1. The molecule has 116 valence electrons. The number of benzene rings is 1. The largest absolute Gasteiger partial charge is 0.446 e. The highest BCUT2D eigenvalue weighted by atomic mass is 16.6. The summed E-state index contributed by atoms with van der Waals surface area (Å²) >= 11 is 0. The maximum atomic E-state index is 11.6. The van der Waals surface area contributed by atoms with Gasteiger partial charge in [-0.3, -0.25) is 0 Å². The number of hydrogen-bond donors (Lipinski definition) is 1. The van der Waals surface area contributed by atoms with Crippen LogP contribution in [-0.4, -0.2) is 18.7 Å². The molecule has 1 aliphatic carbocycles. The lowest BCUT2D eigenvalue weighted by Crippen LogP contribution is -2.29. The van der Waals surface area contributed by atoms with E-state index in [4.69, 9.17) is 4.74 Å². The second-order valence-electron chi connectivity index (χ2n) is 6.03. The fourth-order valence-corrected chi connectivity index (χ4v) is 3.16. The van der Waals surface area contributed by atoms with Gasteiger partial charge in [0.1, 0.15) is 6.10 Å². The van der Waals surface area contributed by atoms with Crippen molar-refractivity contribution in [3.05, 3.63) is 35.4 Å². The molecule has 1 amide bonds. The van der Waals surface area contributed by atoms with E-state index in [1.165, 1.54) is 36.8 Å². The Kier molecular flexibility index (Phi) is 6.09. The molecule has 1 aliphatic rings. The lowest BCUT2D eigenvalue weighted by atomic mass is 9.90. The molecule has 0 spiro atoms. The monoisotopic (exact) mass is 289 g/mol. The van der Waals surface area contributed by atoms with Crippen LogP contribution >= 0.6 is 0 Å². The Balaban J connectivity index is 1.94. The van der Waals surface area contributed by atoms with Gasteiger partial charge in [0.25, 0.3) is 0 Å². The van der Waals surface area contributed by atoms with E-state index in [0.29, 0.717) is 12.5 Å². The van der Waals surface area contributed by atoms with Crippen LogP contribution in [0.25, 0.3) is 0 Å². The molecule has 1 atom stereocenters. The van der Waals surface area contributed by atoms with Gasteiger partial charge in [-0.1, -0.05) is 44.0 Å². The smallest absolute Gasteiger partial charge is 0.407 e. The van der Waals surface area contributed by atoms with Crippen molar-refractivity contribution in [1.29, 1.82) is 0 Å². The summed E-state index contributed by atoms with van der Waals surface area (Å²) in [4.78, 5) is 11.6. The lowest BCUT2D eigenvalue weighted by molar-refractivity contribution is 0.107. The van der Waals surface area contributed by atoms with Gasteiger partial charge in [0, 0.05) is 13.0 Å². The van der Waals surface area contributed by atoms with Crippen LogP contribution in [0.2, 0.25) is 0 Å². The predicted octanol–water partition coefficient (Wildman–Crippen LogP) is 4.41. The maximum absolute atomic E-state index is 11.6. The lowest BCUT2D eigenvalue weighted by Gasteiger charge is -2.19. The van der Waals surface area contributed by atoms with E-state index in [9.17, 15) is 4.79 Å². The van der Waals surface area contributed by atoms with E-state index >= 15 is 0 Å². The first-order valence-corrected chi connectivity index (χ1v) is 8.23. The third kappa shape index (κ3) is 4.76. The van der Waals surface area contributed by atoms with Crippen LogP contribution in [0.3, 0.4) is 0 Å². The molecule has 0 aromatic heterocycles. The third-order valence-corrected chi connectivity index (χ3v) is 4.19. The van der Waals surface area contributed by atoms with Crippen molar-refractivity contribution in [1.82, 2.24) is 5.32 Å². The molecule has 0 aliphatic heterocycles. The molecular formula is C18H27NO2. The highest BCUT2D eigenvalue weighted by Gasteiger charge is 2.20. The van der Waals surface area contributed by atoms with Crippen molar-refractivity contribution < 1.29 is 9.53 Å². The molecule has 21 heavy (non-hydrogen) atoms. The van der Waals surface area contributed by atoms with Gasteiger partial charge in [-0.05, 0) is 43.2 Å². The minimum atomic E-state index is -0.303. The second kappa shape index (κ2) is 8.06. The molecule has 0 radical (unpaired) electrons. The summed E-state index contributed by atoms with van der Waals surface area (Å²) in [6, 6.07) is 8.63. The number of hydrogen-bond acceptors (Lipinski definition) is 2. The molecule has 1 aromatic rings. The fraction of sp³-hybridized carbons (Fsp3) is 0.611. The zero-order valence-corrected chi connectivity index (χ0v) is 13.2. The Morgan fingerprint density at radius 3 is 2.76 bits per heavy atom. The van der Waals surface area contributed by atoms with E-state index in [1.54, 1.807) is 0 Å². The Hall–Kier alpha value is -1.51. The quantitative estimate of drug-likeness (QED) is 0.842. The molecule has 1 aromatic carbocycles. The minimum absolute atomic E-state index is 0.0931. The second-order valence-corrected chi connectivity index (χ2v) is 6.03. The summed E-state index contributed by atoms with van der Waals surface area (Å²) in [6.45, 7) is 4.67. The molecule has 1 fully saturated rings. The van der Waals surface area contributed by atoms with Gasteiger partial charge in [-0.15, -0.1) is 0 Å². The Morgan fingerprint density at radius 2 is 2.05 bits per heavy atom. The number of carbonyl (C=O) groups excluding carboxylic acids is 1. The van der Waals surface area contributed by atoms with Gasteiger partial charge in [-0.2, -0.15) is 0 Å². The molecule has 1 saturated carbocycles. The van der Waals surface area contributed by atoms with E-state index in [0.717, 1.165) is 12.8 Å². The van der Waals surface area contributed by atoms with Crippen LogP contribution in [0, 0.1) is 0 Å². The van der Waals surface area contributed by atoms with Crippen LogP contribution in [0.5, 0.6) is 0 Å². The summed E-state index contributed by atoms with van der Waals surface area (Å²) in [5.41, 5.74) is 2.79. The van der Waals surface area contributed by atoms with Crippen LogP contribution in [0.1, 0.15) is 63.0 Å². The zero-order chi connectivity index (χ0) is 15.1. The molecular weight excluding hydrogens is 262 g/mol. The average molecular weight is 289 g/mol. The van der Waals surface area contributed by atoms with Gasteiger partial charge in [0.15, 0.2) is 0 Å². The molecule has 0 bridgehead atoms.